The fraction of sp³-hybridized carbons (Fsp3) is 0.167. The van der Waals surface area contributed by atoms with E-state index in [1.807, 2.05) is 59.3 Å². The van der Waals surface area contributed by atoms with Gasteiger partial charge in [0.25, 0.3) is 0 Å². The van der Waals surface area contributed by atoms with Gasteiger partial charge in [0.1, 0.15) is 11.5 Å². The summed E-state index contributed by atoms with van der Waals surface area (Å²) in [5.74, 6) is 1.63. The molecule has 0 amide bonds. The number of aromatic nitrogens is 2. The van der Waals surface area contributed by atoms with Crippen LogP contribution in [-0.4, -0.2) is 24.0 Å². The van der Waals surface area contributed by atoms with Crippen LogP contribution >= 0.6 is 0 Å². The highest BCUT2D eigenvalue weighted by Gasteiger charge is 2.11. The second-order valence-corrected chi connectivity index (χ2v) is 5.06. The van der Waals surface area contributed by atoms with E-state index in [0.717, 1.165) is 34.1 Å². The summed E-state index contributed by atoms with van der Waals surface area (Å²) < 4.78 is 12.3. The summed E-state index contributed by atoms with van der Waals surface area (Å²) in [6, 6.07) is 17.7. The Morgan fingerprint density at radius 2 is 1.48 bits per heavy atom. The van der Waals surface area contributed by atoms with Crippen molar-refractivity contribution in [2.75, 3.05) is 14.2 Å². The average Bonchev–Trinajstić information content (AvgIpc) is 3.06. The van der Waals surface area contributed by atoms with Gasteiger partial charge in [-0.15, -0.1) is 0 Å². The van der Waals surface area contributed by atoms with Crippen molar-refractivity contribution in [3.63, 3.8) is 0 Å². The molecule has 5 heteroatoms. The van der Waals surface area contributed by atoms with Crippen molar-refractivity contribution in [2.24, 2.45) is 5.73 Å². The van der Waals surface area contributed by atoms with E-state index in [2.05, 4.69) is 5.10 Å². The number of nitrogens with zero attached hydrogens (tertiary/aromatic N) is 2. The molecule has 0 radical (unpaired) electrons. The number of benzene rings is 2. The number of hydrogen-bond donors (Lipinski definition) is 1. The van der Waals surface area contributed by atoms with E-state index in [0.29, 0.717) is 6.54 Å². The molecule has 0 saturated carbocycles. The monoisotopic (exact) mass is 309 g/mol. The molecule has 1 heterocycles. The molecule has 0 atom stereocenters. The normalized spacial score (nSPS) is 10.6. The largest absolute Gasteiger partial charge is 0.497 e. The highest BCUT2D eigenvalue weighted by Crippen LogP contribution is 2.26. The number of nitrogens with two attached hydrogens (primary N) is 1. The maximum absolute atomic E-state index is 5.76. The SMILES string of the molecule is COc1ccc(-c2cc(CN)nn2-c2ccc(OC)cc2)cc1. The lowest BCUT2D eigenvalue weighted by molar-refractivity contribution is 0.414. The first-order chi connectivity index (χ1) is 11.2. The van der Waals surface area contributed by atoms with Crippen LogP contribution in [0.3, 0.4) is 0 Å². The first-order valence-electron chi connectivity index (χ1n) is 7.33. The highest BCUT2D eigenvalue weighted by molar-refractivity contribution is 5.63. The Morgan fingerprint density at radius 3 is 2.00 bits per heavy atom. The van der Waals surface area contributed by atoms with Crippen LogP contribution in [0.25, 0.3) is 16.9 Å². The molecular formula is C18H19N3O2. The molecular weight excluding hydrogens is 290 g/mol. The highest BCUT2D eigenvalue weighted by atomic mass is 16.5. The van der Waals surface area contributed by atoms with Crippen LogP contribution in [0.2, 0.25) is 0 Å². The van der Waals surface area contributed by atoms with E-state index < -0.39 is 0 Å². The van der Waals surface area contributed by atoms with Crippen molar-refractivity contribution < 1.29 is 9.47 Å². The van der Waals surface area contributed by atoms with Gasteiger partial charge in [0.15, 0.2) is 0 Å². The lowest BCUT2D eigenvalue weighted by Crippen LogP contribution is -2.02. The summed E-state index contributed by atoms with van der Waals surface area (Å²) in [5, 5.41) is 4.59. The summed E-state index contributed by atoms with van der Waals surface area (Å²) >= 11 is 0. The van der Waals surface area contributed by atoms with E-state index in [-0.39, 0.29) is 0 Å². The zero-order chi connectivity index (χ0) is 16.2. The van der Waals surface area contributed by atoms with E-state index in [1.54, 1.807) is 14.2 Å². The molecule has 0 bridgehead atoms. The molecule has 2 aromatic carbocycles. The van der Waals surface area contributed by atoms with Crippen LogP contribution in [0.15, 0.2) is 54.6 Å². The number of rotatable bonds is 5. The molecule has 0 aliphatic carbocycles. The first-order valence-corrected chi connectivity index (χ1v) is 7.33. The van der Waals surface area contributed by atoms with E-state index >= 15 is 0 Å². The molecule has 3 aromatic rings. The van der Waals surface area contributed by atoms with Gasteiger partial charge < -0.3 is 15.2 Å². The number of methoxy groups -OCH3 is 2. The van der Waals surface area contributed by atoms with Crippen LogP contribution in [-0.2, 0) is 6.54 Å². The predicted octanol–water partition coefficient (Wildman–Crippen LogP) is 3.02. The van der Waals surface area contributed by atoms with Crippen molar-refractivity contribution in [1.29, 1.82) is 0 Å². The molecule has 118 valence electrons. The molecule has 1 aromatic heterocycles. The third-order valence-electron chi connectivity index (χ3n) is 3.67. The molecule has 23 heavy (non-hydrogen) atoms. The molecule has 5 nitrogen and oxygen atoms in total. The standard InChI is InChI=1S/C18H19N3O2/c1-22-16-7-3-13(4-8-16)18-11-14(12-19)20-21(18)15-5-9-17(23-2)10-6-15/h3-11H,12,19H2,1-2H3. The molecule has 0 unspecified atom stereocenters. The third-order valence-corrected chi connectivity index (χ3v) is 3.67. The Labute approximate surface area is 135 Å². The lowest BCUT2D eigenvalue weighted by Gasteiger charge is -2.09. The fourth-order valence-electron chi connectivity index (χ4n) is 2.42. The van der Waals surface area contributed by atoms with Gasteiger partial charge in [0.05, 0.1) is 31.3 Å². The van der Waals surface area contributed by atoms with Crippen molar-refractivity contribution in [2.45, 2.75) is 6.54 Å². The van der Waals surface area contributed by atoms with Gasteiger partial charge in [-0.25, -0.2) is 4.68 Å². The second kappa shape index (κ2) is 6.54. The molecule has 0 aliphatic rings. The van der Waals surface area contributed by atoms with Crippen LogP contribution in [0.5, 0.6) is 11.5 Å². The van der Waals surface area contributed by atoms with Gasteiger partial charge in [0, 0.05) is 12.1 Å². The molecule has 0 fully saturated rings. The van der Waals surface area contributed by atoms with E-state index in [4.69, 9.17) is 15.2 Å². The summed E-state index contributed by atoms with van der Waals surface area (Å²) in [6.07, 6.45) is 0. The van der Waals surface area contributed by atoms with Gasteiger partial charge in [0.2, 0.25) is 0 Å². The quantitative estimate of drug-likeness (QED) is 0.787. The Kier molecular flexibility index (Phi) is 4.30. The molecule has 0 spiro atoms. The van der Waals surface area contributed by atoms with Gasteiger partial charge in [-0.3, -0.25) is 0 Å². The van der Waals surface area contributed by atoms with Crippen molar-refractivity contribution in [1.82, 2.24) is 9.78 Å². The van der Waals surface area contributed by atoms with Crippen LogP contribution < -0.4 is 15.2 Å². The Morgan fingerprint density at radius 1 is 0.913 bits per heavy atom. The summed E-state index contributed by atoms with van der Waals surface area (Å²) in [5.41, 5.74) is 9.59. The van der Waals surface area contributed by atoms with Crippen molar-refractivity contribution in [3.8, 4) is 28.4 Å². The fourth-order valence-corrected chi connectivity index (χ4v) is 2.42. The predicted molar refractivity (Wildman–Crippen MR) is 90.0 cm³/mol. The van der Waals surface area contributed by atoms with Gasteiger partial charge in [-0.2, -0.15) is 5.10 Å². The maximum atomic E-state index is 5.76. The number of ether oxygens (including phenoxy) is 2. The smallest absolute Gasteiger partial charge is 0.119 e. The number of hydrogen-bond acceptors (Lipinski definition) is 4. The Bertz CT molecular complexity index is 712. The van der Waals surface area contributed by atoms with Gasteiger partial charge >= 0.3 is 0 Å². The molecule has 0 aliphatic heterocycles. The van der Waals surface area contributed by atoms with Crippen LogP contribution in [0.4, 0.5) is 0 Å². The molecule has 0 saturated heterocycles. The third kappa shape index (κ3) is 3.05. The Hall–Kier alpha value is -2.79. The van der Waals surface area contributed by atoms with Crippen LogP contribution in [0.1, 0.15) is 5.69 Å². The minimum Gasteiger partial charge on any atom is -0.497 e. The summed E-state index contributed by atoms with van der Waals surface area (Å²) in [6.45, 7) is 0.395. The lowest BCUT2D eigenvalue weighted by atomic mass is 10.1. The summed E-state index contributed by atoms with van der Waals surface area (Å²) in [7, 11) is 3.31. The van der Waals surface area contributed by atoms with Crippen molar-refractivity contribution in [3.05, 3.63) is 60.3 Å². The Balaban J connectivity index is 2.06. The second-order valence-electron chi connectivity index (χ2n) is 5.06. The van der Waals surface area contributed by atoms with E-state index in [1.165, 1.54) is 0 Å². The minimum absolute atomic E-state index is 0.395. The zero-order valence-corrected chi connectivity index (χ0v) is 13.2. The molecule has 2 N–H and O–H groups in total. The first kappa shape index (κ1) is 15.1. The van der Waals surface area contributed by atoms with Gasteiger partial charge in [-0.1, -0.05) is 0 Å². The van der Waals surface area contributed by atoms with E-state index in [9.17, 15) is 0 Å². The van der Waals surface area contributed by atoms with Crippen LogP contribution in [0, 0.1) is 0 Å². The van der Waals surface area contributed by atoms with Crippen molar-refractivity contribution >= 4 is 0 Å². The topological polar surface area (TPSA) is 62.3 Å². The average molecular weight is 309 g/mol. The molecule has 3 rings (SSSR count). The zero-order valence-electron chi connectivity index (χ0n) is 13.2. The summed E-state index contributed by atoms with van der Waals surface area (Å²) in [4.78, 5) is 0. The maximum Gasteiger partial charge on any atom is 0.119 e. The minimum atomic E-state index is 0.395. The van der Waals surface area contributed by atoms with Gasteiger partial charge in [-0.05, 0) is 54.6 Å².